The third kappa shape index (κ3) is 4.86. The molecule has 0 amide bonds. The number of rotatable bonds is 7. The molecule has 232 valence electrons. The summed E-state index contributed by atoms with van der Waals surface area (Å²) >= 11 is 1.61. The molecule has 0 aliphatic heterocycles. The van der Waals surface area contributed by atoms with Gasteiger partial charge < -0.3 is 9.40 Å². The molecule has 1 N–H and O–H groups in total. The van der Waals surface area contributed by atoms with Gasteiger partial charge in [-0.05, 0) is 65.2 Å². The number of hydrogen-bond donors (Lipinski definition) is 1. The van der Waals surface area contributed by atoms with Crippen LogP contribution in [0.15, 0.2) is 132 Å². The predicted molar refractivity (Wildman–Crippen MR) is 187 cm³/mol. The molecule has 0 unspecified atom stereocenters. The van der Waals surface area contributed by atoms with Crippen molar-refractivity contribution >= 4 is 22.2 Å². The van der Waals surface area contributed by atoms with Crippen LogP contribution in [0.2, 0.25) is 0 Å². The summed E-state index contributed by atoms with van der Waals surface area (Å²) in [7, 11) is 0. The number of nitrogens with one attached hydrogen (secondary N) is 1. The Bertz CT molecular complexity index is 2510. The van der Waals surface area contributed by atoms with Crippen LogP contribution in [0.3, 0.4) is 0 Å². The molecular weight excluding hydrogens is 633 g/mol. The SMILES string of the molecule is c1ccc(-c2c(-c3ncccn3)c(-c3cnccn3)c(-c3ccnnn3)c3c(-c4ccco4)c(-c4ccc[nH]4)c(-c4cccs4)nc23)nc1. The van der Waals surface area contributed by atoms with Crippen LogP contribution < -0.4 is 0 Å². The fraction of sp³-hybridized carbons (Fsp3) is 0. The van der Waals surface area contributed by atoms with Crippen LogP contribution in [-0.4, -0.2) is 50.3 Å². The summed E-state index contributed by atoms with van der Waals surface area (Å²) in [5.74, 6) is 1.10. The van der Waals surface area contributed by atoms with Gasteiger partial charge in [-0.1, -0.05) is 12.1 Å². The minimum absolute atomic E-state index is 0.460. The quantitative estimate of drug-likeness (QED) is 0.179. The Morgan fingerprint density at radius 2 is 1.55 bits per heavy atom. The highest BCUT2D eigenvalue weighted by molar-refractivity contribution is 7.13. The molecule has 8 heterocycles. The number of pyridine rings is 2. The van der Waals surface area contributed by atoms with Crippen molar-refractivity contribution in [3.05, 3.63) is 128 Å². The highest BCUT2D eigenvalue weighted by Crippen LogP contribution is 2.54. The summed E-state index contributed by atoms with van der Waals surface area (Å²) in [6.45, 7) is 0. The van der Waals surface area contributed by atoms with Gasteiger partial charge in [-0.3, -0.25) is 15.0 Å². The number of furan rings is 1. The van der Waals surface area contributed by atoms with E-state index in [9.17, 15) is 0 Å². The van der Waals surface area contributed by atoms with E-state index in [1.807, 2.05) is 66.2 Å². The number of benzene rings is 1. The van der Waals surface area contributed by atoms with Gasteiger partial charge in [-0.15, -0.1) is 21.5 Å². The van der Waals surface area contributed by atoms with E-state index in [0.717, 1.165) is 38.3 Å². The summed E-state index contributed by atoms with van der Waals surface area (Å²) in [4.78, 5) is 33.8. The third-order valence-electron chi connectivity index (χ3n) is 8.11. The molecule has 8 aromatic heterocycles. The van der Waals surface area contributed by atoms with Gasteiger partial charge in [0.1, 0.15) is 5.76 Å². The predicted octanol–water partition coefficient (Wildman–Crippen LogP) is 8.05. The third-order valence-corrected chi connectivity index (χ3v) is 8.99. The molecule has 1 aromatic carbocycles. The molecule has 0 radical (unpaired) electrons. The van der Waals surface area contributed by atoms with Gasteiger partial charge >= 0.3 is 0 Å². The fourth-order valence-electron chi connectivity index (χ4n) is 6.24. The average molecular weight is 655 g/mol. The number of hydrogen-bond acceptors (Lipinski definition) is 11. The van der Waals surface area contributed by atoms with E-state index in [2.05, 4.69) is 31.4 Å². The topological polar surface area (TPSA) is 145 Å². The summed E-state index contributed by atoms with van der Waals surface area (Å²) in [5.41, 5.74) is 8.51. The molecule has 0 aliphatic carbocycles. The lowest BCUT2D eigenvalue weighted by Crippen LogP contribution is -2.06. The van der Waals surface area contributed by atoms with Crippen molar-refractivity contribution in [1.29, 1.82) is 0 Å². The largest absolute Gasteiger partial charge is 0.464 e. The zero-order valence-electron chi connectivity index (χ0n) is 25.5. The van der Waals surface area contributed by atoms with Crippen LogP contribution in [0.5, 0.6) is 0 Å². The van der Waals surface area contributed by atoms with Crippen LogP contribution >= 0.6 is 11.3 Å². The van der Waals surface area contributed by atoms with Crippen LogP contribution in [0.4, 0.5) is 0 Å². The number of thiophene rings is 1. The van der Waals surface area contributed by atoms with Crippen molar-refractivity contribution in [2.75, 3.05) is 0 Å². The molecule has 9 rings (SSSR count). The Hall–Kier alpha value is -6.79. The van der Waals surface area contributed by atoms with Gasteiger partial charge in [-0.2, -0.15) is 0 Å². The lowest BCUT2D eigenvalue weighted by molar-refractivity contribution is 0.583. The smallest absolute Gasteiger partial charge is 0.160 e. The standard InChI is InChI=1S/C37H22N10OS/c1-2-12-39-22(7-1)31-34(37-42-14-6-15-43-37)29(25-21-38-17-18-41-25)28(24-11-16-44-47-46-24)33-32(26-9-4-19-48-26)30(23-8-3-13-40-23)35(45-36(31)33)27-10-5-20-49-27/h1-21,40H. The molecule has 0 aliphatic rings. The second kappa shape index (κ2) is 12.1. The Balaban J connectivity index is 1.64. The van der Waals surface area contributed by atoms with Crippen LogP contribution in [0.25, 0.3) is 89.2 Å². The fourth-order valence-corrected chi connectivity index (χ4v) is 6.96. The van der Waals surface area contributed by atoms with Gasteiger partial charge in [0.05, 0.1) is 51.8 Å². The number of aromatic nitrogens is 10. The molecule has 0 saturated heterocycles. The average Bonchev–Trinajstić information content (AvgIpc) is 4.00. The zero-order chi connectivity index (χ0) is 32.6. The highest BCUT2D eigenvalue weighted by atomic mass is 32.1. The minimum atomic E-state index is 0.460. The first kappa shape index (κ1) is 28.4. The molecule has 49 heavy (non-hydrogen) atoms. The lowest BCUT2D eigenvalue weighted by Gasteiger charge is -2.24. The summed E-state index contributed by atoms with van der Waals surface area (Å²) in [6.07, 6.45) is 15.4. The van der Waals surface area contributed by atoms with Gasteiger partial charge in [0, 0.05) is 81.6 Å². The molecule has 0 fully saturated rings. The van der Waals surface area contributed by atoms with Gasteiger partial charge in [0.15, 0.2) is 5.82 Å². The molecular formula is C37H22N10OS. The van der Waals surface area contributed by atoms with Crippen LogP contribution in [0, 0.1) is 0 Å². The van der Waals surface area contributed by atoms with E-state index in [4.69, 9.17) is 29.3 Å². The maximum atomic E-state index is 6.28. The van der Waals surface area contributed by atoms with Crippen molar-refractivity contribution < 1.29 is 4.42 Å². The summed E-state index contributed by atoms with van der Waals surface area (Å²) < 4.78 is 6.28. The van der Waals surface area contributed by atoms with Crippen molar-refractivity contribution in [1.82, 2.24) is 50.3 Å². The molecule has 0 bridgehead atoms. The second-order valence-electron chi connectivity index (χ2n) is 10.9. The first-order valence-electron chi connectivity index (χ1n) is 15.3. The number of aromatic amines is 1. The van der Waals surface area contributed by atoms with Crippen molar-refractivity contribution in [3.8, 4) is 78.3 Å². The van der Waals surface area contributed by atoms with Crippen LogP contribution in [0.1, 0.15) is 0 Å². The number of H-pyrrole nitrogens is 1. The summed E-state index contributed by atoms with van der Waals surface area (Å²) in [5, 5.41) is 15.5. The molecule has 9 aromatic rings. The van der Waals surface area contributed by atoms with Crippen LogP contribution in [-0.2, 0) is 0 Å². The Morgan fingerprint density at radius 3 is 2.27 bits per heavy atom. The van der Waals surface area contributed by atoms with E-state index in [0.29, 0.717) is 50.9 Å². The Labute approximate surface area is 282 Å². The van der Waals surface area contributed by atoms with Crippen molar-refractivity contribution in [3.63, 3.8) is 0 Å². The Kier molecular flexibility index (Phi) is 7.02. The monoisotopic (exact) mass is 654 g/mol. The molecule has 0 spiro atoms. The maximum Gasteiger partial charge on any atom is 0.160 e. The highest BCUT2D eigenvalue weighted by Gasteiger charge is 2.33. The summed E-state index contributed by atoms with van der Waals surface area (Å²) in [6, 6.07) is 21.4. The lowest BCUT2D eigenvalue weighted by atomic mass is 9.82. The van der Waals surface area contributed by atoms with E-state index in [1.165, 1.54) is 0 Å². The molecule has 0 saturated carbocycles. The molecule has 11 nitrogen and oxygen atoms in total. The normalized spacial score (nSPS) is 11.3. The van der Waals surface area contributed by atoms with E-state index in [-0.39, 0.29) is 0 Å². The maximum absolute atomic E-state index is 6.28. The van der Waals surface area contributed by atoms with E-state index >= 15 is 0 Å². The van der Waals surface area contributed by atoms with Gasteiger partial charge in [0.2, 0.25) is 0 Å². The van der Waals surface area contributed by atoms with Gasteiger partial charge in [0.25, 0.3) is 0 Å². The first-order valence-corrected chi connectivity index (χ1v) is 16.1. The zero-order valence-corrected chi connectivity index (χ0v) is 26.3. The van der Waals surface area contributed by atoms with Gasteiger partial charge in [-0.25, -0.2) is 15.0 Å². The van der Waals surface area contributed by atoms with E-state index in [1.54, 1.807) is 67.0 Å². The first-order chi connectivity index (χ1) is 24.4. The molecule has 12 heteroatoms. The van der Waals surface area contributed by atoms with E-state index < -0.39 is 0 Å². The molecule has 0 atom stereocenters. The van der Waals surface area contributed by atoms with Crippen molar-refractivity contribution in [2.45, 2.75) is 0 Å². The number of nitrogens with zero attached hydrogens (tertiary/aromatic N) is 9. The Morgan fingerprint density at radius 1 is 0.633 bits per heavy atom. The van der Waals surface area contributed by atoms with Crippen molar-refractivity contribution in [2.24, 2.45) is 0 Å². The second-order valence-corrected chi connectivity index (χ2v) is 11.8. The number of fused-ring (bicyclic) bond motifs is 1. The minimum Gasteiger partial charge on any atom is -0.464 e.